The summed E-state index contributed by atoms with van der Waals surface area (Å²) in [4.78, 5) is 11.7. The molecule has 2 rings (SSSR count). The Hall–Kier alpha value is -1.45. The number of halogens is 1. The molecule has 0 aliphatic heterocycles. The molecule has 0 N–H and O–H groups in total. The number of ketones is 1. The van der Waals surface area contributed by atoms with Crippen LogP contribution in [-0.2, 0) is 0 Å². The van der Waals surface area contributed by atoms with Crippen molar-refractivity contribution in [2.45, 2.75) is 20.8 Å². The Morgan fingerprint density at radius 2 is 1.79 bits per heavy atom. The zero-order valence-corrected chi connectivity index (χ0v) is 12.6. The van der Waals surface area contributed by atoms with Crippen LogP contribution >= 0.6 is 23.8 Å². The summed E-state index contributed by atoms with van der Waals surface area (Å²) >= 11 is 11.4. The smallest absolute Gasteiger partial charge is 0.163 e. The van der Waals surface area contributed by atoms with Gasteiger partial charge in [0.1, 0.15) is 4.64 Å². The summed E-state index contributed by atoms with van der Waals surface area (Å²) in [7, 11) is 0. The lowest BCUT2D eigenvalue weighted by Gasteiger charge is -2.15. The van der Waals surface area contributed by atoms with E-state index in [2.05, 4.69) is 0 Å². The van der Waals surface area contributed by atoms with Gasteiger partial charge in [0.2, 0.25) is 0 Å². The lowest BCUT2D eigenvalue weighted by Crippen LogP contribution is -2.09. The molecule has 0 aliphatic carbocycles. The first-order valence-electron chi connectivity index (χ1n) is 5.92. The maximum absolute atomic E-state index is 11.7. The molecule has 2 aromatic rings. The molecule has 4 heteroatoms. The maximum atomic E-state index is 11.7. The molecular weight excluding hydrogens is 278 g/mol. The van der Waals surface area contributed by atoms with E-state index in [4.69, 9.17) is 23.8 Å². The minimum absolute atomic E-state index is 0.00906. The minimum Gasteiger partial charge on any atom is -0.305 e. The molecule has 1 heterocycles. The van der Waals surface area contributed by atoms with Crippen LogP contribution in [0.5, 0.6) is 0 Å². The van der Waals surface area contributed by atoms with E-state index >= 15 is 0 Å². The number of hydrogen-bond acceptors (Lipinski definition) is 2. The fourth-order valence-corrected chi connectivity index (χ4v) is 2.91. The summed E-state index contributed by atoms with van der Waals surface area (Å²) in [6.45, 7) is 5.42. The standard InChI is InChI=1S/C15H14ClNOS/c1-9-8-10(2)17(15(19)14(9)11(3)18)13-6-4-12(16)5-7-13/h4-8H,1-3H3. The molecule has 1 aromatic carbocycles. The van der Waals surface area contributed by atoms with E-state index in [0.29, 0.717) is 15.2 Å². The number of rotatable bonds is 2. The van der Waals surface area contributed by atoms with Gasteiger partial charge in [0.05, 0.1) is 5.56 Å². The van der Waals surface area contributed by atoms with Gasteiger partial charge in [-0.25, -0.2) is 0 Å². The Bertz CT molecular complexity index is 701. The van der Waals surface area contributed by atoms with Crippen LogP contribution in [0, 0.1) is 18.5 Å². The van der Waals surface area contributed by atoms with Crippen LogP contribution in [0.25, 0.3) is 5.69 Å². The molecule has 0 atom stereocenters. The Labute approximate surface area is 122 Å². The van der Waals surface area contributed by atoms with E-state index in [-0.39, 0.29) is 5.78 Å². The highest BCUT2D eigenvalue weighted by molar-refractivity contribution is 7.71. The van der Waals surface area contributed by atoms with Crippen LogP contribution in [0.3, 0.4) is 0 Å². The zero-order valence-electron chi connectivity index (χ0n) is 11.0. The summed E-state index contributed by atoms with van der Waals surface area (Å²) in [6.07, 6.45) is 0. The molecule has 0 saturated heterocycles. The second-order valence-electron chi connectivity index (χ2n) is 4.52. The first kappa shape index (κ1) is 14.0. The van der Waals surface area contributed by atoms with Crippen molar-refractivity contribution in [3.05, 3.63) is 56.8 Å². The summed E-state index contributed by atoms with van der Waals surface area (Å²) in [6, 6.07) is 9.38. The number of benzene rings is 1. The number of carbonyl (C=O) groups excluding carboxylic acids is 1. The van der Waals surface area contributed by atoms with Crippen molar-refractivity contribution in [3.63, 3.8) is 0 Å². The lowest BCUT2D eigenvalue weighted by molar-refractivity contribution is 0.101. The van der Waals surface area contributed by atoms with Gasteiger partial charge in [-0.1, -0.05) is 23.8 Å². The number of nitrogens with zero attached hydrogens (tertiary/aromatic N) is 1. The molecule has 0 bridgehead atoms. The quantitative estimate of drug-likeness (QED) is 0.592. The molecule has 19 heavy (non-hydrogen) atoms. The average Bonchev–Trinajstić information content (AvgIpc) is 2.30. The van der Waals surface area contributed by atoms with Gasteiger partial charge in [0.25, 0.3) is 0 Å². The molecular formula is C15H14ClNOS. The number of Topliss-reactive ketones (excluding diaryl/α,β-unsaturated/α-hetero) is 1. The predicted octanol–water partition coefficient (Wildman–Crippen LogP) is 4.68. The molecule has 0 aliphatic rings. The zero-order chi connectivity index (χ0) is 14.2. The van der Waals surface area contributed by atoms with Crippen molar-refractivity contribution in [1.82, 2.24) is 4.57 Å². The number of aryl methyl sites for hydroxylation is 2. The predicted molar refractivity (Wildman–Crippen MR) is 81.1 cm³/mol. The molecule has 1 aromatic heterocycles. The van der Waals surface area contributed by atoms with E-state index in [1.165, 1.54) is 0 Å². The summed E-state index contributed by atoms with van der Waals surface area (Å²) in [5, 5.41) is 0.673. The van der Waals surface area contributed by atoms with Gasteiger partial charge >= 0.3 is 0 Å². The van der Waals surface area contributed by atoms with Gasteiger partial charge in [-0.05, 0) is 56.7 Å². The number of carbonyl (C=O) groups is 1. The fourth-order valence-electron chi connectivity index (χ4n) is 2.23. The lowest BCUT2D eigenvalue weighted by atomic mass is 10.1. The molecule has 0 radical (unpaired) electrons. The molecule has 0 unspecified atom stereocenters. The first-order chi connectivity index (χ1) is 8.91. The van der Waals surface area contributed by atoms with Crippen molar-refractivity contribution in [2.24, 2.45) is 0 Å². The van der Waals surface area contributed by atoms with Gasteiger partial charge in [0.15, 0.2) is 5.78 Å². The highest BCUT2D eigenvalue weighted by Gasteiger charge is 2.12. The Balaban J connectivity index is 2.77. The van der Waals surface area contributed by atoms with Crippen molar-refractivity contribution in [2.75, 3.05) is 0 Å². The Morgan fingerprint density at radius 3 is 2.32 bits per heavy atom. The van der Waals surface area contributed by atoms with Crippen molar-refractivity contribution < 1.29 is 4.79 Å². The molecule has 0 saturated carbocycles. The van der Waals surface area contributed by atoms with Crippen molar-refractivity contribution in [1.29, 1.82) is 0 Å². The highest BCUT2D eigenvalue weighted by atomic mass is 35.5. The van der Waals surface area contributed by atoms with Crippen LogP contribution in [0.4, 0.5) is 0 Å². The van der Waals surface area contributed by atoms with Gasteiger partial charge in [0, 0.05) is 16.4 Å². The van der Waals surface area contributed by atoms with Crippen molar-refractivity contribution >= 4 is 29.6 Å². The maximum Gasteiger partial charge on any atom is 0.163 e. The van der Waals surface area contributed by atoms with E-state index in [1.807, 2.05) is 48.7 Å². The van der Waals surface area contributed by atoms with Crippen LogP contribution < -0.4 is 0 Å². The topological polar surface area (TPSA) is 22.0 Å². The van der Waals surface area contributed by atoms with E-state index in [9.17, 15) is 4.79 Å². The third kappa shape index (κ3) is 2.62. The molecule has 0 amide bonds. The highest BCUT2D eigenvalue weighted by Crippen LogP contribution is 2.20. The first-order valence-corrected chi connectivity index (χ1v) is 6.70. The Morgan fingerprint density at radius 1 is 1.21 bits per heavy atom. The van der Waals surface area contributed by atoms with Crippen LogP contribution in [0.15, 0.2) is 30.3 Å². The normalized spacial score (nSPS) is 10.5. The van der Waals surface area contributed by atoms with Crippen LogP contribution in [-0.4, -0.2) is 10.4 Å². The summed E-state index contributed by atoms with van der Waals surface area (Å²) < 4.78 is 2.45. The summed E-state index contributed by atoms with van der Waals surface area (Å²) in [5.74, 6) is -0.00906. The SMILES string of the molecule is CC(=O)c1c(C)cc(C)n(-c2ccc(Cl)cc2)c1=S. The van der Waals surface area contributed by atoms with E-state index in [0.717, 1.165) is 16.9 Å². The third-order valence-electron chi connectivity index (χ3n) is 3.03. The summed E-state index contributed by atoms with van der Waals surface area (Å²) in [5.41, 5.74) is 3.43. The number of pyridine rings is 1. The monoisotopic (exact) mass is 291 g/mol. The van der Waals surface area contributed by atoms with Gasteiger partial charge < -0.3 is 4.57 Å². The minimum atomic E-state index is -0.00906. The second kappa shape index (κ2) is 5.27. The molecule has 2 nitrogen and oxygen atoms in total. The van der Waals surface area contributed by atoms with Gasteiger partial charge in [-0.15, -0.1) is 0 Å². The van der Waals surface area contributed by atoms with Crippen LogP contribution in [0.2, 0.25) is 5.02 Å². The average molecular weight is 292 g/mol. The number of hydrogen-bond donors (Lipinski definition) is 0. The third-order valence-corrected chi connectivity index (χ3v) is 3.66. The fraction of sp³-hybridized carbons (Fsp3) is 0.200. The second-order valence-corrected chi connectivity index (χ2v) is 5.34. The molecule has 0 fully saturated rings. The van der Waals surface area contributed by atoms with E-state index in [1.54, 1.807) is 6.92 Å². The largest absolute Gasteiger partial charge is 0.305 e. The molecule has 0 spiro atoms. The molecule has 98 valence electrons. The van der Waals surface area contributed by atoms with Gasteiger partial charge in [-0.2, -0.15) is 0 Å². The van der Waals surface area contributed by atoms with Crippen LogP contribution in [0.1, 0.15) is 28.5 Å². The van der Waals surface area contributed by atoms with Gasteiger partial charge in [-0.3, -0.25) is 4.79 Å². The number of aromatic nitrogens is 1. The Kier molecular flexibility index (Phi) is 3.88. The van der Waals surface area contributed by atoms with E-state index < -0.39 is 0 Å². The van der Waals surface area contributed by atoms with Crippen molar-refractivity contribution in [3.8, 4) is 5.69 Å².